The summed E-state index contributed by atoms with van der Waals surface area (Å²) in [6.07, 6.45) is 4.98. The molecule has 2 aromatic heterocycles. The van der Waals surface area contributed by atoms with E-state index in [-0.39, 0.29) is 0 Å². The zero-order valence-corrected chi connectivity index (χ0v) is 20.5. The quantitative estimate of drug-likeness (QED) is 0.440. The second-order valence-corrected chi connectivity index (χ2v) is 9.11. The molecule has 0 amide bonds. The van der Waals surface area contributed by atoms with Gasteiger partial charge in [0.05, 0.1) is 35.8 Å². The van der Waals surface area contributed by atoms with Crippen molar-refractivity contribution in [3.05, 3.63) is 72.4 Å². The smallest absolute Gasteiger partial charge is 0.227 e. The highest BCUT2D eigenvalue weighted by atomic mass is 16.7. The van der Waals surface area contributed by atoms with Crippen molar-refractivity contribution in [2.24, 2.45) is 0 Å². The van der Waals surface area contributed by atoms with Gasteiger partial charge in [-0.25, -0.2) is 19.6 Å². The Balaban J connectivity index is 1.17. The number of piperidine rings is 1. The molecule has 2 aromatic carbocycles. The summed E-state index contributed by atoms with van der Waals surface area (Å²) in [5, 5.41) is 17.5. The summed E-state index contributed by atoms with van der Waals surface area (Å²) in [7, 11) is 0. The van der Waals surface area contributed by atoms with Crippen molar-refractivity contribution in [2.45, 2.75) is 25.6 Å². The molecule has 6 rings (SSSR count). The Morgan fingerprint density at radius 1 is 1.00 bits per heavy atom. The number of nitriles is 1. The molecular weight excluding hydrogens is 468 g/mol. The van der Waals surface area contributed by atoms with Crippen molar-refractivity contribution in [1.29, 1.82) is 5.26 Å². The fraction of sp³-hybridized carbons (Fsp3) is 0.296. The van der Waals surface area contributed by atoms with E-state index < -0.39 is 5.79 Å². The van der Waals surface area contributed by atoms with Crippen molar-refractivity contribution in [2.75, 3.05) is 36.5 Å². The van der Waals surface area contributed by atoms with Crippen LogP contribution in [-0.4, -0.2) is 56.8 Å². The van der Waals surface area contributed by atoms with Crippen LogP contribution in [0.4, 0.5) is 17.3 Å². The normalized spacial score (nSPS) is 16.6. The monoisotopic (exact) mass is 494 g/mol. The summed E-state index contributed by atoms with van der Waals surface area (Å²) in [5.74, 6) is 0.753. The molecule has 0 atom stereocenters. The minimum atomic E-state index is -0.441. The molecule has 2 fully saturated rings. The van der Waals surface area contributed by atoms with Gasteiger partial charge in [-0.1, -0.05) is 6.07 Å². The maximum atomic E-state index is 9.90. The van der Waals surface area contributed by atoms with Crippen LogP contribution in [0, 0.1) is 18.3 Å². The number of rotatable bonds is 5. The molecule has 4 aromatic rings. The van der Waals surface area contributed by atoms with Gasteiger partial charge in [0.25, 0.3) is 0 Å². The Hall–Kier alpha value is -4.33. The number of anilines is 3. The van der Waals surface area contributed by atoms with Gasteiger partial charge in [0, 0.05) is 43.4 Å². The summed E-state index contributed by atoms with van der Waals surface area (Å²) in [4.78, 5) is 15.4. The Labute approximate surface area is 214 Å². The molecule has 4 heterocycles. The first-order chi connectivity index (χ1) is 18.1. The van der Waals surface area contributed by atoms with Crippen molar-refractivity contribution >= 4 is 17.3 Å². The van der Waals surface area contributed by atoms with E-state index >= 15 is 0 Å². The number of aryl methyl sites for hydroxylation is 1. The lowest BCUT2D eigenvalue weighted by Gasteiger charge is -2.39. The highest BCUT2D eigenvalue weighted by molar-refractivity contribution is 5.70. The first kappa shape index (κ1) is 23.1. The van der Waals surface area contributed by atoms with E-state index in [0.717, 1.165) is 60.1 Å². The van der Waals surface area contributed by atoms with Crippen LogP contribution in [0.1, 0.15) is 24.2 Å². The summed E-state index contributed by atoms with van der Waals surface area (Å²) in [5.41, 5.74) is 4.91. The zero-order chi connectivity index (χ0) is 25.2. The Morgan fingerprint density at radius 3 is 2.49 bits per heavy atom. The van der Waals surface area contributed by atoms with Crippen molar-refractivity contribution in [3.63, 3.8) is 0 Å². The van der Waals surface area contributed by atoms with E-state index in [1.165, 1.54) is 0 Å². The van der Waals surface area contributed by atoms with Crippen LogP contribution in [0.25, 0.3) is 16.9 Å². The molecule has 0 saturated carbocycles. The second-order valence-electron chi connectivity index (χ2n) is 9.11. The van der Waals surface area contributed by atoms with Crippen molar-refractivity contribution < 1.29 is 9.47 Å². The SMILES string of the molecule is Cc1ncn(-c2ccc(Nc3nccc(-c4ccc(N5CCC6(CC5)OCCO6)c(C#N)c4)n3)cc2)n1. The summed E-state index contributed by atoms with van der Waals surface area (Å²) < 4.78 is 13.4. The molecule has 37 heavy (non-hydrogen) atoms. The molecule has 2 saturated heterocycles. The van der Waals surface area contributed by atoms with Gasteiger partial charge in [-0.05, 0) is 49.4 Å². The topological polar surface area (TPSA) is 114 Å². The van der Waals surface area contributed by atoms with Gasteiger partial charge in [0.15, 0.2) is 5.79 Å². The van der Waals surface area contributed by atoms with Gasteiger partial charge >= 0.3 is 0 Å². The molecule has 2 aliphatic rings. The number of aromatic nitrogens is 5. The summed E-state index contributed by atoms with van der Waals surface area (Å²) >= 11 is 0. The average molecular weight is 495 g/mol. The predicted molar refractivity (Wildman–Crippen MR) is 138 cm³/mol. The minimum Gasteiger partial charge on any atom is -0.370 e. The third-order valence-corrected chi connectivity index (χ3v) is 6.74. The number of ether oxygens (including phenoxy) is 2. The van der Waals surface area contributed by atoms with E-state index in [4.69, 9.17) is 9.47 Å². The fourth-order valence-corrected chi connectivity index (χ4v) is 4.81. The number of nitrogens with one attached hydrogen (secondary N) is 1. The predicted octanol–water partition coefficient (Wildman–Crippen LogP) is 3.99. The molecule has 1 spiro atoms. The third-order valence-electron chi connectivity index (χ3n) is 6.74. The van der Waals surface area contributed by atoms with E-state index in [1.54, 1.807) is 17.2 Å². The third kappa shape index (κ3) is 4.74. The molecule has 1 N–H and O–H groups in total. The molecule has 0 radical (unpaired) electrons. The molecule has 0 aliphatic carbocycles. The van der Waals surface area contributed by atoms with Gasteiger partial charge in [0.1, 0.15) is 18.2 Å². The lowest BCUT2D eigenvalue weighted by molar-refractivity contribution is -0.169. The van der Waals surface area contributed by atoms with Gasteiger partial charge in [0.2, 0.25) is 5.95 Å². The number of hydrogen-bond acceptors (Lipinski definition) is 9. The molecular formula is C27H26N8O2. The molecule has 10 heteroatoms. The van der Waals surface area contributed by atoms with Crippen LogP contribution in [0.2, 0.25) is 0 Å². The molecule has 0 unspecified atom stereocenters. The van der Waals surface area contributed by atoms with Crippen LogP contribution in [0.15, 0.2) is 61.1 Å². The van der Waals surface area contributed by atoms with Crippen LogP contribution in [0.3, 0.4) is 0 Å². The second kappa shape index (κ2) is 9.61. The van der Waals surface area contributed by atoms with E-state index in [9.17, 15) is 5.26 Å². The molecule has 10 nitrogen and oxygen atoms in total. The van der Waals surface area contributed by atoms with Gasteiger partial charge in [-0.2, -0.15) is 10.4 Å². The Morgan fingerprint density at radius 2 is 1.78 bits per heavy atom. The van der Waals surface area contributed by atoms with Crippen LogP contribution in [0.5, 0.6) is 0 Å². The summed E-state index contributed by atoms with van der Waals surface area (Å²) in [6.45, 7) is 4.73. The molecule has 0 bridgehead atoms. The van der Waals surface area contributed by atoms with Crippen LogP contribution >= 0.6 is 0 Å². The Bertz CT molecular complexity index is 1440. The first-order valence-corrected chi connectivity index (χ1v) is 12.3. The van der Waals surface area contributed by atoms with Crippen molar-refractivity contribution in [1.82, 2.24) is 24.7 Å². The van der Waals surface area contributed by atoms with Crippen LogP contribution in [-0.2, 0) is 9.47 Å². The lowest BCUT2D eigenvalue weighted by Crippen LogP contribution is -2.45. The average Bonchev–Trinajstić information content (AvgIpc) is 3.58. The summed E-state index contributed by atoms with van der Waals surface area (Å²) in [6, 6.07) is 17.9. The highest BCUT2D eigenvalue weighted by Crippen LogP contribution is 2.35. The largest absolute Gasteiger partial charge is 0.370 e. The fourth-order valence-electron chi connectivity index (χ4n) is 4.81. The maximum Gasteiger partial charge on any atom is 0.227 e. The van der Waals surface area contributed by atoms with Crippen molar-refractivity contribution in [3.8, 4) is 23.0 Å². The van der Waals surface area contributed by atoms with Gasteiger partial charge < -0.3 is 19.7 Å². The maximum absolute atomic E-state index is 9.90. The zero-order valence-electron chi connectivity index (χ0n) is 20.5. The number of hydrogen-bond donors (Lipinski definition) is 1. The molecule has 2 aliphatic heterocycles. The Kier molecular flexibility index (Phi) is 6.00. The minimum absolute atomic E-state index is 0.441. The highest BCUT2D eigenvalue weighted by Gasteiger charge is 2.40. The number of benzene rings is 2. The van der Waals surface area contributed by atoms with Crippen LogP contribution < -0.4 is 10.2 Å². The van der Waals surface area contributed by atoms with E-state index in [0.29, 0.717) is 24.7 Å². The van der Waals surface area contributed by atoms with Gasteiger partial charge in [-0.15, -0.1) is 0 Å². The van der Waals surface area contributed by atoms with E-state index in [2.05, 4.69) is 36.3 Å². The number of nitrogens with zero attached hydrogens (tertiary/aromatic N) is 7. The molecule has 186 valence electrons. The van der Waals surface area contributed by atoms with Gasteiger partial charge in [-0.3, -0.25) is 0 Å². The standard InChI is InChI=1S/C27H26N8O2/c1-19-30-18-35(33-19)23-5-3-22(4-6-23)31-26-29-11-8-24(32-26)20-2-7-25(21(16-20)17-28)34-12-9-27(10-13-34)36-14-15-37-27/h2-8,11,16,18H,9-10,12-15H2,1H3,(H,29,31,32). The van der Waals surface area contributed by atoms with E-state index in [1.807, 2.05) is 55.5 Å². The lowest BCUT2D eigenvalue weighted by atomic mass is 10.0. The first-order valence-electron chi connectivity index (χ1n) is 12.3.